The summed E-state index contributed by atoms with van der Waals surface area (Å²) in [6, 6.07) is -3.27. The van der Waals surface area contributed by atoms with Crippen molar-refractivity contribution in [1.29, 1.82) is 0 Å². The first-order valence-electron chi connectivity index (χ1n) is 17.5. The Bertz CT molecular complexity index is 1130. The van der Waals surface area contributed by atoms with Crippen molar-refractivity contribution in [1.82, 2.24) is 31.1 Å². The molecule has 0 aromatic carbocycles. The normalized spacial score (nSPS) is 29.7. The summed E-state index contributed by atoms with van der Waals surface area (Å²) >= 11 is 0. The first-order valence-corrected chi connectivity index (χ1v) is 17.5. The van der Waals surface area contributed by atoms with Crippen molar-refractivity contribution in [2.45, 2.75) is 135 Å². The van der Waals surface area contributed by atoms with Gasteiger partial charge in [-0.15, -0.1) is 0 Å². The van der Waals surface area contributed by atoms with Crippen LogP contribution in [0.5, 0.6) is 0 Å². The molecule has 5 amide bonds. The Morgan fingerprint density at radius 1 is 0.978 bits per heavy atom. The number of hydrogen-bond acceptors (Lipinski definition) is 7. The second kappa shape index (κ2) is 15.0. The minimum atomic E-state index is -0.942. The topological polar surface area (TPSA) is 160 Å². The summed E-state index contributed by atoms with van der Waals surface area (Å²) in [7, 11) is 1.77. The zero-order valence-electron chi connectivity index (χ0n) is 28.8. The van der Waals surface area contributed by atoms with E-state index in [2.05, 4.69) is 35.1 Å². The molecule has 0 radical (unpaired) electrons. The van der Waals surface area contributed by atoms with E-state index in [1.54, 1.807) is 16.8 Å². The van der Waals surface area contributed by atoms with Crippen molar-refractivity contribution >= 4 is 29.5 Å². The number of ketones is 1. The van der Waals surface area contributed by atoms with E-state index < -0.39 is 41.8 Å². The van der Waals surface area contributed by atoms with Gasteiger partial charge in [0.2, 0.25) is 17.6 Å². The molecule has 46 heavy (non-hydrogen) atoms. The molecule has 4 aliphatic rings. The summed E-state index contributed by atoms with van der Waals surface area (Å²) in [4.78, 5) is 71.0. The number of fused-ring (bicyclic) bond motifs is 3. The number of likely N-dealkylation sites (N-methyl/N-ethyl adjacent to an activating group) is 1. The van der Waals surface area contributed by atoms with Gasteiger partial charge < -0.3 is 31.3 Å². The lowest BCUT2D eigenvalue weighted by molar-refractivity contribution is -0.144. The van der Waals surface area contributed by atoms with Crippen molar-refractivity contribution < 1.29 is 29.1 Å². The van der Waals surface area contributed by atoms with Crippen LogP contribution in [0.15, 0.2) is 0 Å². The van der Waals surface area contributed by atoms with E-state index in [9.17, 15) is 29.1 Å². The van der Waals surface area contributed by atoms with Gasteiger partial charge in [-0.2, -0.15) is 0 Å². The second-order valence-corrected chi connectivity index (χ2v) is 15.9. The molecule has 0 aromatic heterocycles. The van der Waals surface area contributed by atoms with Crippen molar-refractivity contribution in [3.05, 3.63) is 0 Å². The van der Waals surface area contributed by atoms with E-state index in [4.69, 9.17) is 0 Å². The molecule has 2 heterocycles. The Morgan fingerprint density at radius 3 is 2.17 bits per heavy atom. The third-order valence-corrected chi connectivity index (χ3v) is 10.7. The molecule has 6 atom stereocenters. The molecule has 2 aliphatic heterocycles. The number of amides is 5. The molecular weight excluding hydrogens is 588 g/mol. The molecular formula is C34H58N6O6. The summed E-state index contributed by atoms with van der Waals surface area (Å²) in [5, 5.41) is 21.2. The molecule has 4 fully saturated rings. The first kappa shape index (κ1) is 36.1. The third kappa shape index (κ3) is 8.99. The number of nitrogens with zero attached hydrogens (tertiary/aromatic N) is 2. The fraction of sp³-hybridized carbons (Fsp3) is 0.853. The van der Waals surface area contributed by atoms with Gasteiger partial charge in [-0.05, 0) is 55.4 Å². The van der Waals surface area contributed by atoms with E-state index >= 15 is 0 Å². The standard InChI is InChI=1S/C34H58N6O6/c1-33(2,3)25(19-39(6)20-41)38-32(46)37-24-15-13-11-9-7-8-10-12-14-23(28(42)30(44)35-21-16-17-21)36-29(43)27-26-22(34(26,4)5)18-40(27)31(24)45/h21-27,41H,7-20H2,1-6H3,(H,35,44)(H,36,43)(H2,37,38,46)/t22-,23-,24-,25+,26-,27-/m0/s1. The number of Topliss-reactive ketones (excluding diaryl/α,β-unsaturated/α-hetero) is 1. The molecule has 2 saturated heterocycles. The molecule has 0 bridgehead atoms. The number of rotatable bonds is 8. The van der Waals surface area contributed by atoms with Gasteiger partial charge in [0.05, 0.1) is 12.8 Å². The fourth-order valence-electron chi connectivity index (χ4n) is 7.28. The predicted molar refractivity (Wildman–Crippen MR) is 174 cm³/mol. The SMILES string of the molecule is CN(CO)C[C@@H](NC(=O)N[C@H]1CCCCCCCCC[C@@H](C(=O)C(=O)NC2CC2)NC(=O)[C@@H]2[C@@H]3[C@H](CN2C1=O)C3(C)C)C(C)(C)C. The van der Waals surface area contributed by atoms with E-state index in [0.717, 1.165) is 57.8 Å². The predicted octanol–water partition coefficient (Wildman–Crippen LogP) is 2.29. The first-order chi connectivity index (χ1) is 21.6. The lowest BCUT2D eigenvalue weighted by Crippen LogP contribution is -2.60. The monoisotopic (exact) mass is 646 g/mol. The van der Waals surface area contributed by atoms with Gasteiger partial charge in [-0.25, -0.2) is 4.79 Å². The molecule has 4 rings (SSSR count). The Balaban J connectivity index is 1.54. The summed E-state index contributed by atoms with van der Waals surface area (Å²) in [6.07, 6.45) is 8.86. The molecule has 2 aliphatic carbocycles. The highest BCUT2D eigenvalue weighted by atomic mass is 16.3. The van der Waals surface area contributed by atoms with Crippen molar-refractivity contribution in [2.75, 3.05) is 26.9 Å². The fourth-order valence-corrected chi connectivity index (χ4v) is 7.28. The maximum atomic E-state index is 14.3. The third-order valence-electron chi connectivity index (χ3n) is 10.7. The van der Waals surface area contributed by atoms with Crippen LogP contribution in [0.1, 0.15) is 105 Å². The quantitative estimate of drug-likeness (QED) is 0.200. The molecule has 0 unspecified atom stereocenters. The van der Waals surface area contributed by atoms with Gasteiger partial charge in [0.15, 0.2) is 0 Å². The van der Waals surface area contributed by atoms with Gasteiger partial charge in [0, 0.05) is 25.2 Å². The van der Waals surface area contributed by atoms with Gasteiger partial charge in [-0.1, -0.05) is 79.6 Å². The summed E-state index contributed by atoms with van der Waals surface area (Å²) in [6.45, 7) is 10.9. The minimum absolute atomic E-state index is 0.0326. The van der Waals surface area contributed by atoms with Crippen LogP contribution in [-0.4, -0.2) is 102 Å². The maximum Gasteiger partial charge on any atom is 0.315 e. The van der Waals surface area contributed by atoms with Crippen LogP contribution < -0.4 is 21.3 Å². The van der Waals surface area contributed by atoms with Crippen molar-refractivity contribution in [3.63, 3.8) is 0 Å². The Hall–Kier alpha value is -2.73. The minimum Gasteiger partial charge on any atom is -0.381 e. The summed E-state index contributed by atoms with van der Waals surface area (Å²) in [5.41, 5.74) is -0.443. The molecule has 5 N–H and O–H groups in total. The average molecular weight is 647 g/mol. The zero-order valence-corrected chi connectivity index (χ0v) is 28.8. The van der Waals surface area contributed by atoms with Crippen molar-refractivity contribution in [2.24, 2.45) is 22.7 Å². The van der Waals surface area contributed by atoms with Crippen LogP contribution in [0.4, 0.5) is 4.79 Å². The number of aliphatic hydroxyl groups is 1. The van der Waals surface area contributed by atoms with Crippen LogP contribution in [0, 0.1) is 22.7 Å². The Labute approximate surface area is 274 Å². The Kier molecular flexibility index (Phi) is 11.8. The number of urea groups is 1. The van der Waals surface area contributed by atoms with Gasteiger partial charge in [-0.3, -0.25) is 24.1 Å². The molecule has 2 saturated carbocycles. The average Bonchev–Trinajstić information content (AvgIpc) is 3.84. The zero-order chi connectivity index (χ0) is 33.8. The Morgan fingerprint density at radius 2 is 1.59 bits per heavy atom. The lowest BCUT2D eigenvalue weighted by atomic mass is 9.86. The van der Waals surface area contributed by atoms with Gasteiger partial charge in [0.25, 0.3) is 5.91 Å². The number of carbonyl (C=O) groups is 5. The second-order valence-electron chi connectivity index (χ2n) is 15.9. The van der Waals surface area contributed by atoms with Crippen LogP contribution in [0.3, 0.4) is 0 Å². The van der Waals surface area contributed by atoms with E-state index in [1.807, 2.05) is 20.8 Å². The molecule has 12 heteroatoms. The van der Waals surface area contributed by atoms with Crippen LogP contribution in [0.2, 0.25) is 0 Å². The van der Waals surface area contributed by atoms with Crippen molar-refractivity contribution in [3.8, 4) is 0 Å². The summed E-state index contributed by atoms with van der Waals surface area (Å²) in [5.74, 6) is -1.91. The number of nitrogens with one attached hydrogen (secondary N) is 4. The largest absolute Gasteiger partial charge is 0.381 e. The van der Waals surface area contributed by atoms with Crippen LogP contribution in [0.25, 0.3) is 0 Å². The molecule has 260 valence electrons. The number of carbonyl (C=O) groups excluding carboxylic acids is 5. The number of hydrogen-bond donors (Lipinski definition) is 5. The highest BCUT2D eigenvalue weighted by molar-refractivity contribution is 6.38. The lowest BCUT2D eigenvalue weighted by Gasteiger charge is -2.36. The molecule has 12 nitrogen and oxygen atoms in total. The van der Waals surface area contributed by atoms with E-state index in [-0.39, 0.29) is 47.4 Å². The maximum absolute atomic E-state index is 14.3. The highest BCUT2D eigenvalue weighted by Crippen LogP contribution is 2.65. The van der Waals surface area contributed by atoms with Crippen LogP contribution >= 0.6 is 0 Å². The van der Waals surface area contributed by atoms with E-state index in [0.29, 0.717) is 25.9 Å². The van der Waals surface area contributed by atoms with E-state index in [1.165, 1.54) is 0 Å². The van der Waals surface area contributed by atoms with Gasteiger partial charge >= 0.3 is 6.03 Å². The van der Waals surface area contributed by atoms with Crippen LogP contribution in [-0.2, 0) is 19.2 Å². The number of piperidine rings is 1. The van der Waals surface area contributed by atoms with Gasteiger partial charge in [0.1, 0.15) is 12.1 Å². The molecule has 0 spiro atoms. The smallest absolute Gasteiger partial charge is 0.315 e. The summed E-state index contributed by atoms with van der Waals surface area (Å²) < 4.78 is 0. The number of aliphatic hydroxyl groups excluding tert-OH is 1. The molecule has 0 aromatic rings. The highest BCUT2D eigenvalue weighted by Gasteiger charge is 2.69.